The molecule has 0 bridgehead atoms. The summed E-state index contributed by atoms with van der Waals surface area (Å²) in [4.78, 5) is 11.2. The van der Waals surface area contributed by atoms with Crippen LogP contribution in [0.15, 0.2) is 12.2 Å². The fraction of sp³-hybridized carbons (Fsp3) is 0.700. The highest BCUT2D eigenvalue weighted by atomic mass is 16.5. The fourth-order valence-electron chi connectivity index (χ4n) is 1.98. The van der Waals surface area contributed by atoms with Gasteiger partial charge in [-0.15, -0.1) is 0 Å². The first kappa shape index (κ1) is 7.99. The lowest BCUT2D eigenvalue weighted by molar-refractivity contribution is -0.117. The van der Waals surface area contributed by atoms with Gasteiger partial charge in [-0.2, -0.15) is 0 Å². The Labute approximate surface area is 72.6 Å². The molecule has 0 amide bonds. The Balaban J connectivity index is 1.82. The van der Waals surface area contributed by atoms with Gasteiger partial charge in [0.05, 0.1) is 0 Å². The van der Waals surface area contributed by atoms with E-state index in [0.717, 1.165) is 32.5 Å². The summed E-state index contributed by atoms with van der Waals surface area (Å²) >= 11 is 0. The van der Waals surface area contributed by atoms with Crippen LogP contribution in [0, 0.1) is 11.8 Å². The zero-order valence-corrected chi connectivity index (χ0v) is 7.16. The molecule has 0 aromatic heterocycles. The number of allylic oxidation sites excluding steroid dienone is 2. The molecule has 0 saturated carbocycles. The molecule has 12 heavy (non-hydrogen) atoms. The summed E-state index contributed by atoms with van der Waals surface area (Å²) in [7, 11) is 0. The van der Waals surface area contributed by atoms with Crippen molar-refractivity contribution in [2.75, 3.05) is 13.2 Å². The molecule has 2 unspecified atom stereocenters. The van der Waals surface area contributed by atoms with E-state index >= 15 is 0 Å². The van der Waals surface area contributed by atoms with Crippen molar-refractivity contribution in [3.63, 3.8) is 0 Å². The molecule has 1 fully saturated rings. The predicted octanol–water partition coefficient (Wildman–Crippen LogP) is 1.56. The summed E-state index contributed by atoms with van der Waals surface area (Å²) in [6.45, 7) is 1.75. The lowest BCUT2D eigenvalue weighted by Crippen LogP contribution is -2.13. The Morgan fingerprint density at radius 3 is 3.08 bits per heavy atom. The van der Waals surface area contributed by atoms with Crippen molar-refractivity contribution in [2.45, 2.75) is 19.3 Å². The number of carbonyl (C=O) groups excluding carboxylic acids is 1. The van der Waals surface area contributed by atoms with Crippen molar-refractivity contribution in [3.05, 3.63) is 12.2 Å². The average Bonchev–Trinajstić information content (AvgIpc) is 2.65. The van der Waals surface area contributed by atoms with Crippen LogP contribution in [0.25, 0.3) is 0 Å². The topological polar surface area (TPSA) is 26.3 Å². The molecule has 2 aliphatic rings. The molecule has 66 valence electrons. The maximum absolute atomic E-state index is 11.2. The van der Waals surface area contributed by atoms with E-state index in [4.69, 9.17) is 4.74 Å². The van der Waals surface area contributed by atoms with Crippen LogP contribution in [-0.4, -0.2) is 19.0 Å². The lowest BCUT2D eigenvalue weighted by atomic mass is 9.92. The number of carbonyl (C=O) groups is 1. The normalized spacial score (nSPS) is 34.8. The van der Waals surface area contributed by atoms with E-state index in [0.29, 0.717) is 11.7 Å². The van der Waals surface area contributed by atoms with E-state index in [1.54, 1.807) is 6.08 Å². The minimum atomic E-state index is 0.275. The Hall–Kier alpha value is -0.630. The van der Waals surface area contributed by atoms with Gasteiger partial charge in [0.25, 0.3) is 0 Å². The fourth-order valence-corrected chi connectivity index (χ4v) is 1.98. The standard InChI is InChI=1S/C10H14O2/c11-10-3-1-2-9(10)6-8-4-5-12-7-8/h1,3,8-9H,2,4-7H2. The van der Waals surface area contributed by atoms with E-state index < -0.39 is 0 Å². The van der Waals surface area contributed by atoms with Crippen LogP contribution in [0.5, 0.6) is 0 Å². The van der Waals surface area contributed by atoms with Gasteiger partial charge in [0.1, 0.15) is 0 Å². The number of hydrogen-bond donors (Lipinski definition) is 0. The highest BCUT2D eigenvalue weighted by Crippen LogP contribution is 2.26. The number of rotatable bonds is 2. The quantitative estimate of drug-likeness (QED) is 0.622. The van der Waals surface area contributed by atoms with E-state index in [-0.39, 0.29) is 5.92 Å². The van der Waals surface area contributed by atoms with Crippen LogP contribution in [0.1, 0.15) is 19.3 Å². The second kappa shape index (κ2) is 3.40. The van der Waals surface area contributed by atoms with Gasteiger partial charge in [-0.25, -0.2) is 0 Å². The Morgan fingerprint density at radius 2 is 2.50 bits per heavy atom. The summed E-state index contributed by atoms with van der Waals surface area (Å²) in [5, 5.41) is 0. The van der Waals surface area contributed by atoms with Crippen molar-refractivity contribution >= 4 is 5.78 Å². The minimum Gasteiger partial charge on any atom is -0.381 e. The molecule has 2 heteroatoms. The summed E-state index contributed by atoms with van der Waals surface area (Å²) < 4.78 is 5.27. The van der Waals surface area contributed by atoms with Crippen LogP contribution in [0.4, 0.5) is 0 Å². The maximum Gasteiger partial charge on any atom is 0.158 e. The van der Waals surface area contributed by atoms with Crippen LogP contribution < -0.4 is 0 Å². The van der Waals surface area contributed by atoms with Gasteiger partial charge in [-0.05, 0) is 31.3 Å². The molecule has 1 saturated heterocycles. The van der Waals surface area contributed by atoms with Crippen LogP contribution in [0.2, 0.25) is 0 Å². The Kier molecular flexibility index (Phi) is 2.26. The molecule has 1 aliphatic carbocycles. The number of ether oxygens (including phenoxy) is 1. The second-order valence-electron chi connectivity index (χ2n) is 3.70. The number of hydrogen-bond acceptors (Lipinski definition) is 2. The SMILES string of the molecule is O=C1C=CCC1CC1CCOC1. The third kappa shape index (κ3) is 1.58. The van der Waals surface area contributed by atoms with E-state index in [2.05, 4.69) is 0 Å². The molecule has 1 heterocycles. The first-order valence-corrected chi connectivity index (χ1v) is 4.64. The summed E-state index contributed by atoms with van der Waals surface area (Å²) in [6.07, 6.45) is 6.84. The Morgan fingerprint density at radius 1 is 1.58 bits per heavy atom. The third-order valence-corrected chi connectivity index (χ3v) is 2.75. The van der Waals surface area contributed by atoms with Gasteiger partial charge in [0.15, 0.2) is 5.78 Å². The van der Waals surface area contributed by atoms with Crippen LogP contribution in [-0.2, 0) is 9.53 Å². The third-order valence-electron chi connectivity index (χ3n) is 2.75. The van der Waals surface area contributed by atoms with Crippen molar-refractivity contribution in [1.29, 1.82) is 0 Å². The van der Waals surface area contributed by atoms with Crippen LogP contribution in [0.3, 0.4) is 0 Å². The molecular formula is C10H14O2. The highest BCUT2D eigenvalue weighted by molar-refractivity contribution is 5.93. The van der Waals surface area contributed by atoms with Gasteiger partial charge in [-0.3, -0.25) is 4.79 Å². The van der Waals surface area contributed by atoms with Crippen molar-refractivity contribution in [2.24, 2.45) is 11.8 Å². The molecule has 2 rings (SSSR count). The first-order chi connectivity index (χ1) is 5.86. The maximum atomic E-state index is 11.2. The molecular weight excluding hydrogens is 152 g/mol. The second-order valence-corrected chi connectivity index (χ2v) is 3.70. The number of ketones is 1. The summed E-state index contributed by atoms with van der Waals surface area (Å²) in [5.74, 6) is 1.23. The van der Waals surface area contributed by atoms with Gasteiger partial charge in [-0.1, -0.05) is 6.08 Å². The van der Waals surface area contributed by atoms with Crippen molar-refractivity contribution in [1.82, 2.24) is 0 Å². The molecule has 2 atom stereocenters. The monoisotopic (exact) mass is 166 g/mol. The van der Waals surface area contributed by atoms with E-state index in [1.165, 1.54) is 0 Å². The zero-order chi connectivity index (χ0) is 8.39. The highest BCUT2D eigenvalue weighted by Gasteiger charge is 2.25. The first-order valence-electron chi connectivity index (χ1n) is 4.64. The molecule has 0 radical (unpaired) electrons. The van der Waals surface area contributed by atoms with Crippen molar-refractivity contribution in [3.8, 4) is 0 Å². The van der Waals surface area contributed by atoms with Crippen LogP contribution >= 0.6 is 0 Å². The molecule has 1 aliphatic heterocycles. The molecule has 0 aromatic carbocycles. The smallest absolute Gasteiger partial charge is 0.158 e. The average molecular weight is 166 g/mol. The van der Waals surface area contributed by atoms with Gasteiger partial charge < -0.3 is 4.74 Å². The largest absolute Gasteiger partial charge is 0.381 e. The van der Waals surface area contributed by atoms with Gasteiger partial charge >= 0.3 is 0 Å². The van der Waals surface area contributed by atoms with Gasteiger partial charge in [0, 0.05) is 19.1 Å². The van der Waals surface area contributed by atoms with E-state index in [1.807, 2.05) is 6.08 Å². The van der Waals surface area contributed by atoms with Crippen molar-refractivity contribution < 1.29 is 9.53 Å². The summed E-state index contributed by atoms with van der Waals surface area (Å²) in [5.41, 5.74) is 0. The molecule has 0 spiro atoms. The predicted molar refractivity (Wildman–Crippen MR) is 45.8 cm³/mol. The Bertz CT molecular complexity index is 202. The minimum absolute atomic E-state index is 0.275. The zero-order valence-electron chi connectivity index (χ0n) is 7.16. The molecule has 2 nitrogen and oxygen atoms in total. The van der Waals surface area contributed by atoms with E-state index in [9.17, 15) is 4.79 Å². The summed E-state index contributed by atoms with van der Waals surface area (Å²) in [6, 6.07) is 0. The van der Waals surface area contributed by atoms with Gasteiger partial charge in [0.2, 0.25) is 0 Å². The lowest BCUT2D eigenvalue weighted by Gasteiger charge is -2.11. The molecule has 0 N–H and O–H groups in total. The molecule has 0 aromatic rings.